The van der Waals surface area contributed by atoms with Gasteiger partial charge in [0.25, 0.3) is 5.91 Å². The van der Waals surface area contributed by atoms with Crippen LogP contribution < -0.4 is 14.8 Å². The van der Waals surface area contributed by atoms with Gasteiger partial charge in [0.2, 0.25) is 0 Å². The fourth-order valence-corrected chi connectivity index (χ4v) is 3.70. The molecule has 0 atom stereocenters. The van der Waals surface area contributed by atoms with Crippen molar-refractivity contribution in [2.75, 3.05) is 19.5 Å². The van der Waals surface area contributed by atoms with Crippen LogP contribution in [0.4, 0.5) is 5.69 Å². The van der Waals surface area contributed by atoms with Gasteiger partial charge in [0.15, 0.2) is 11.5 Å². The first-order valence-corrected chi connectivity index (χ1v) is 10.6. The molecular formula is C24H24ClN5O3. The number of aryl methyl sites for hydroxylation is 1. The van der Waals surface area contributed by atoms with E-state index in [4.69, 9.17) is 21.1 Å². The highest BCUT2D eigenvalue weighted by Crippen LogP contribution is 2.29. The van der Waals surface area contributed by atoms with Crippen LogP contribution in [0.25, 0.3) is 11.3 Å². The molecule has 2 aromatic heterocycles. The van der Waals surface area contributed by atoms with Crippen molar-refractivity contribution < 1.29 is 14.3 Å². The molecule has 33 heavy (non-hydrogen) atoms. The monoisotopic (exact) mass is 465 g/mol. The highest BCUT2D eigenvalue weighted by atomic mass is 35.5. The van der Waals surface area contributed by atoms with Crippen molar-refractivity contribution in [3.8, 4) is 22.8 Å². The number of ether oxygens (including phenoxy) is 2. The molecule has 8 nitrogen and oxygen atoms in total. The van der Waals surface area contributed by atoms with Gasteiger partial charge in [-0.05, 0) is 49.7 Å². The van der Waals surface area contributed by atoms with Crippen molar-refractivity contribution in [1.29, 1.82) is 0 Å². The van der Waals surface area contributed by atoms with Gasteiger partial charge in [0, 0.05) is 10.6 Å². The van der Waals surface area contributed by atoms with Crippen molar-refractivity contribution in [1.82, 2.24) is 20.0 Å². The number of hydrogen-bond acceptors (Lipinski definition) is 5. The second-order valence-electron chi connectivity index (χ2n) is 7.52. The van der Waals surface area contributed by atoms with Crippen LogP contribution in [-0.2, 0) is 6.54 Å². The smallest absolute Gasteiger partial charge is 0.273 e. The Morgan fingerprint density at radius 2 is 1.79 bits per heavy atom. The lowest BCUT2D eigenvalue weighted by Gasteiger charge is -2.11. The zero-order valence-electron chi connectivity index (χ0n) is 18.8. The van der Waals surface area contributed by atoms with Gasteiger partial charge in [-0.3, -0.25) is 14.6 Å². The topological polar surface area (TPSA) is 94.1 Å². The Hall–Kier alpha value is -3.78. The molecule has 0 radical (unpaired) electrons. The molecule has 0 unspecified atom stereocenters. The molecule has 0 aliphatic heterocycles. The zero-order chi connectivity index (χ0) is 23.5. The number of anilines is 1. The third-order valence-electron chi connectivity index (χ3n) is 5.36. The molecule has 1 amide bonds. The minimum absolute atomic E-state index is 0.292. The molecule has 0 aliphatic carbocycles. The average molecular weight is 466 g/mol. The predicted octanol–water partition coefficient (Wildman–Crippen LogP) is 4.86. The molecule has 9 heteroatoms. The number of hydrogen-bond donors (Lipinski definition) is 2. The van der Waals surface area contributed by atoms with Crippen molar-refractivity contribution in [2.24, 2.45) is 0 Å². The summed E-state index contributed by atoms with van der Waals surface area (Å²) in [6.07, 6.45) is 0. The number of aromatic nitrogens is 4. The number of nitrogens with zero attached hydrogens (tertiary/aromatic N) is 3. The number of methoxy groups -OCH3 is 2. The number of H-pyrrole nitrogens is 1. The lowest BCUT2D eigenvalue weighted by atomic mass is 10.1. The van der Waals surface area contributed by atoms with Crippen molar-refractivity contribution >= 4 is 23.2 Å². The Labute approximate surface area is 196 Å². The molecule has 0 spiro atoms. The van der Waals surface area contributed by atoms with Crippen LogP contribution in [0.15, 0.2) is 48.5 Å². The van der Waals surface area contributed by atoms with Crippen molar-refractivity contribution in [3.63, 3.8) is 0 Å². The Morgan fingerprint density at radius 1 is 1.06 bits per heavy atom. The van der Waals surface area contributed by atoms with E-state index in [2.05, 4.69) is 20.6 Å². The fraction of sp³-hybridized carbons (Fsp3) is 0.208. The van der Waals surface area contributed by atoms with Gasteiger partial charge in [-0.25, -0.2) is 0 Å². The number of benzene rings is 2. The van der Waals surface area contributed by atoms with Gasteiger partial charge in [0.05, 0.1) is 43.5 Å². The highest BCUT2D eigenvalue weighted by molar-refractivity contribution is 6.30. The third kappa shape index (κ3) is 4.70. The van der Waals surface area contributed by atoms with E-state index in [1.807, 2.05) is 48.9 Å². The van der Waals surface area contributed by atoms with Crippen LogP contribution in [0.1, 0.15) is 27.4 Å². The zero-order valence-corrected chi connectivity index (χ0v) is 19.5. The maximum Gasteiger partial charge on any atom is 0.273 e. The Bertz CT molecular complexity index is 1290. The van der Waals surface area contributed by atoms with E-state index in [1.165, 1.54) is 0 Å². The molecule has 0 saturated carbocycles. The highest BCUT2D eigenvalue weighted by Gasteiger charge is 2.18. The van der Waals surface area contributed by atoms with E-state index >= 15 is 0 Å². The molecule has 4 rings (SSSR count). The molecule has 0 aliphatic rings. The number of aromatic amines is 1. The number of halogens is 1. The third-order valence-corrected chi connectivity index (χ3v) is 5.61. The van der Waals surface area contributed by atoms with Crippen LogP contribution in [0.3, 0.4) is 0 Å². The van der Waals surface area contributed by atoms with Crippen molar-refractivity contribution in [2.45, 2.75) is 20.4 Å². The van der Waals surface area contributed by atoms with Gasteiger partial charge in [-0.15, -0.1) is 0 Å². The lowest BCUT2D eigenvalue weighted by Crippen LogP contribution is -2.14. The van der Waals surface area contributed by atoms with E-state index in [0.717, 1.165) is 22.5 Å². The van der Waals surface area contributed by atoms with Gasteiger partial charge >= 0.3 is 0 Å². The summed E-state index contributed by atoms with van der Waals surface area (Å²) in [4.78, 5) is 12.9. The van der Waals surface area contributed by atoms with Crippen LogP contribution >= 0.6 is 11.6 Å². The maximum atomic E-state index is 12.9. The molecular weight excluding hydrogens is 442 g/mol. The number of nitrogens with one attached hydrogen (secondary N) is 2. The standard InChI is InChI=1S/C24H24ClN5O3/c1-14-23(15(2)30(29-14)13-16-5-10-21(32-3)22(11-16)33-4)26-24(31)20-12-19(27-28-20)17-6-8-18(25)9-7-17/h5-12H,13H2,1-4H3,(H,26,31)(H,27,28). The molecule has 2 N–H and O–H groups in total. The molecule has 2 heterocycles. The fourth-order valence-electron chi connectivity index (χ4n) is 3.57. The molecule has 0 saturated heterocycles. The largest absolute Gasteiger partial charge is 0.493 e. The molecule has 0 bridgehead atoms. The Morgan fingerprint density at radius 3 is 2.48 bits per heavy atom. The van der Waals surface area contributed by atoms with Crippen molar-refractivity contribution in [3.05, 3.63) is 76.2 Å². The predicted molar refractivity (Wildman–Crippen MR) is 127 cm³/mol. The summed E-state index contributed by atoms with van der Waals surface area (Å²) in [5, 5.41) is 15.2. The van der Waals surface area contributed by atoms with Crippen LogP contribution in [0.2, 0.25) is 5.02 Å². The quantitative estimate of drug-likeness (QED) is 0.406. The lowest BCUT2D eigenvalue weighted by molar-refractivity contribution is 0.102. The molecule has 4 aromatic rings. The Kier molecular flexibility index (Phi) is 6.37. The molecule has 2 aromatic carbocycles. The number of rotatable bonds is 7. The Balaban J connectivity index is 1.52. The van der Waals surface area contributed by atoms with Gasteiger partial charge in [-0.1, -0.05) is 29.8 Å². The first-order chi connectivity index (χ1) is 15.9. The second-order valence-corrected chi connectivity index (χ2v) is 7.96. The van der Waals surface area contributed by atoms with E-state index in [9.17, 15) is 4.79 Å². The van der Waals surface area contributed by atoms with Gasteiger partial charge in [-0.2, -0.15) is 10.2 Å². The normalized spacial score (nSPS) is 10.8. The molecule has 0 fully saturated rings. The maximum absolute atomic E-state index is 12.9. The summed E-state index contributed by atoms with van der Waals surface area (Å²) in [7, 11) is 3.21. The number of carbonyl (C=O) groups is 1. The minimum atomic E-state index is -0.292. The average Bonchev–Trinajstić information content (AvgIpc) is 3.41. The summed E-state index contributed by atoms with van der Waals surface area (Å²) in [5.74, 6) is 1.03. The van der Waals surface area contributed by atoms with Crippen LogP contribution in [0, 0.1) is 13.8 Å². The first kappa shape index (κ1) is 22.4. The summed E-state index contributed by atoms with van der Waals surface area (Å²) in [5.41, 5.74) is 5.11. The van der Waals surface area contributed by atoms with Crippen LogP contribution in [-0.4, -0.2) is 40.1 Å². The van der Waals surface area contributed by atoms with Gasteiger partial charge < -0.3 is 14.8 Å². The van der Waals surface area contributed by atoms with E-state index in [0.29, 0.717) is 40.1 Å². The van der Waals surface area contributed by atoms with E-state index in [-0.39, 0.29) is 5.91 Å². The number of carbonyl (C=O) groups excluding carboxylic acids is 1. The summed E-state index contributed by atoms with van der Waals surface area (Å²) in [6, 6.07) is 14.7. The first-order valence-electron chi connectivity index (χ1n) is 10.3. The van der Waals surface area contributed by atoms with Gasteiger partial charge in [0.1, 0.15) is 5.69 Å². The van der Waals surface area contributed by atoms with Crippen LogP contribution in [0.5, 0.6) is 11.5 Å². The minimum Gasteiger partial charge on any atom is -0.493 e. The second kappa shape index (κ2) is 9.38. The number of amides is 1. The summed E-state index contributed by atoms with van der Waals surface area (Å²) < 4.78 is 12.5. The van der Waals surface area contributed by atoms with E-state index in [1.54, 1.807) is 32.4 Å². The summed E-state index contributed by atoms with van der Waals surface area (Å²) >= 11 is 5.94. The van der Waals surface area contributed by atoms with E-state index < -0.39 is 0 Å². The summed E-state index contributed by atoms with van der Waals surface area (Å²) in [6.45, 7) is 4.30. The SMILES string of the molecule is COc1ccc(Cn2nc(C)c(NC(=O)c3cc(-c4ccc(Cl)cc4)n[nH]3)c2C)cc1OC. The molecule has 170 valence electrons.